The van der Waals surface area contributed by atoms with Gasteiger partial charge in [-0.3, -0.25) is 0 Å². The molecule has 1 N–H and O–H groups in total. The normalized spacial score (nSPS) is 10.5. The molecular weight excluding hydrogens is 150 g/mol. The van der Waals surface area contributed by atoms with E-state index in [0.29, 0.717) is 0 Å². The van der Waals surface area contributed by atoms with Gasteiger partial charge in [-0.15, -0.1) is 0 Å². The van der Waals surface area contributed by atoms with Crippen LogP contribution in [0.5, 0.6) is 0 Å². The highest BCUT2D eigenvalue weighted by Gasteiger charge is 1.88. The zero-order valence-corrected chi connectivity index (χ0v) is 8.57. The fourth-order valence-corrected chi connectivity index (χ4v) is 1.00. The maximum Gasteiger partial charge on any atom is 0.0466 e. The molecule has 0 aromatic rings. The standard InChI is InChI=1S/C10H23NO/c1-3-7-11-8-5-6-10-12-9-4-2/h11H,3-10H2,1-2H3. The second kappa shape index (κ2) is 10.9. The molecule has 0 aliphatic heterocycles. The molecule has 2 heteroatoms. The molecule has 2 nitrogen and oxygen atoms in total. The second-order valence-corrected chi connectivity index (χ2v) is 3.07. The third-order valence-electron chi connectivity index (χ3n) is 1.67. The van der Waals surface area contributed by atoms with Crippen LogP contribution in [0.1, 0.15) is 39.5 Å². The van der Waals surface area contributed by atoms with E-state index >= 15 is 0 Å². The van der Waals surface area contributed by atoms with Crippen molar-refractivity contribution >= 4 is 0 Å². The zero-order chi connectivity index (χ0) is 9.07. The summed E-state index contributed by atoms with van der Waals surface area (Å²) in [4.78, 5) is 0. The first-order valence-electron chi connectivity index (χ1n) is 5.20. The van der Waals surface area contributed by atoms with Gasteiger partial charge in [-0.05, 0) is 38.8 Å². The number of ether oxygens (including phenoxy) is 1. The lowest BCUT2D eigenvalue weighted by Gasteiger charge is -2.03. The summed E-state index contributed by atoms with van der Waals surface area (Å²) in [6, 6.07) is 0. The monoisotopic (exact) mass is 173 g/mol. The van der Waals surface area contributed by atoms with Crippen molar-refractivity contribution in [2.45, 2.75) is 39.5 Å². The zero-order valence-electron chi connectivity index (χ0n) is 8.57. The van der Waals surface area contributed by atoms with Gasteiger partial charge in [0.25, 0.3) is 0 Å². The Bertz CT molecular complexity index is 66.2. The number of unbranched alkanes of at least 4 members (excludes halogenated alkanes) is 1. The molecule has 0 aliphatic carbocycles. The highest BCUT2D eigenvalue weighted by molar-refractivity contribution is 4.46. The van der Waals surface area contributed by atoms with Crippen molar-refractivity contribution in [2.75, 3.05) is 26.3 Å². The Morgan fingerprint density at radius 1 is 0.917 bits per heavy atom. The van der Waals surface area contributed by atoms with Gasteiger partial charge >= 0.3 is 0 Å². The van der Waals surface area contributed by atoms with Crippen LogP contribution in [0.4, 0.5) is 0 Å². The predicted molar refractivity (Wildman–Crippen MR) is 53.5 cm³/mol. The van der Waals surface area contributed by atoms with Gasteiger partial charge < -0.3 is 10.1 Å². The van der Waals surface area contributed by atoms with E-state index < -0.39 is 0 Å². The SMILES string of the molecule is CCCNCCCCOCCC. The summed E-state index contributed by atoms with van der Waals surface area (Å²) >= 11 is 0. The molecule has 0 spiro atoms. The average molecular weight is 173 g/mol. The van der Waals surface area contributed by atoms with Crippen LogP contribution in [0.3, 0.4) is 0 Å². The van der Waals surface area contributed by atoms with Gasteiger partial charge in [-0.25, -0.2) is 0 Å². The molecule has 0 saturated heterocycles. The fourth-order valence-electron chi connectivity index (χ4n) is 1.00. The maximum absolute atomic E-state index is 5.36. The molecule has 74 valence electrons. The molecule has 0 amide bonds. The molecule has 0 aromatic carbocycles. The minimum atomic E-state index is 0.919. The molecule has 0 unspecified atom stereocenters. The summed E-state index contributed by atoms with van der Waals surface area (Å²) < 4.78 is 5.36. The molecule has 0 bridgehead atoms. The highest BCUT2D eigenvalue weighted by Crippen LogP contribution is 1.89. The predicted octanol–water partition coefficient (Wildman–Crippen LogP) is 2.19. The van der Waals surface area contributed by atoms with Crippen molar-refractivity contribution in [3.8, 4) is 0 Å². The molecule has 0 atom stereocenters. The van der Waals surface area contributed by atoms with E-state index in [9.17, 15) is 0 Å². The largest absolute Gasteiger partial charge is 0.381 e. The maximum atomic E-state index is 5.36. The Kier molecular flexibility index (Phi) is 10.8. The van der Waals surface area contributed by atoms with Crippen LogP contribution in [0.15, 0.2) is 0 Å². The van der Waals surface area contributed by atoms with Gasteiger partial charge in [0.2, 0.25) is 0 Å². The Morgan fingerprint density at radius 3 is 2.42 bits per heavy atom. The summed E-state index contributed by atoms with van der Waals surface area (Å²) in [6.45, 7) is 8.48. The van der Waals surface area contributed by atoms with Crippen LogP contribution in [0, 0.1) is 0 Å². The van der Waals surface area contributed by atoms with Gasteiger partial charge in [-0.2, -0.15) is 0 Å². The number of rotatable bonds is 9. The van der Waals surface area contributed by atoms with Crippen molar-refractivity contribution in [3.05, 3.63) is 0 Å². The van der Waals surface area contributed by atoms with Gasteiger partial charge in [0.1, 0.15) is 0 Å². The molecule has 0 heterocycles. The van der Waals surface area contributed by atoms with Gasteiger partial charge in [0.05, 0.1) is 0 Å². The van der Waals surface area contributed by atoms with Crippen LogP contribution < -0.4 is 5.32 Å². The van der Waals surface area contributed by atoms with E-state index in [1.165, 1.54) is 19.3 Å². The van der Waals surface area contributed by atoms with Crippen LogP contribution >= 0.6 is 0 Å². The molecule has 0 rings (SSSR count). The van der Waals surface area contributed by atoms with Gasteiger partial charge in [0, 0.05) is 13.2 Å². The summed E-state index contributed by atoms with van der Waals surface area (Å²) in [5.74, 6) is 0. The molecule has 0 radical (unpaired) electrons. The molecule has 0 aliphatic rings. The first-order valence-corrected chi connectivity index (χ1v) is 5.20. The lowest BCUT2D eigenvalue weighted by atomic mass is 10.3. The number of hydrogen-bond donors (Lipinski definition) is 1. The molecule has 12 heavy (non-hydrogen) atoms. The Hall–Kier alpha value is -0.0800. The minimum absolute atomic E-state index is 0.919. The van der Waals surface area contributed by atoms with Crippen molar-refractivity contribution in [3.63, 3.8) is 0 Å². The lowest BCUT2D eigenvalue weighted by Crippen LogP contribution is -2.16. The number of nitrogens with one attached hydrogen (secondary N) is 1. The first kappa shape index (κ1) is 11.9. The van der Waals surface area contributed by atoms with Crippen molar-refractivity contribution < 1.29 is 4.74 Å². The Morgan fingerprint density at radius 2 is 1.75 bits per heavy atom. The third-order valence-corrected chi connectivity index (χ3v) is 1.67. The highest BCUT2D eigenvalue weighted by atomic mass is 16.5. The summed E-state index contributed by atoms with van der Waals surface area (Å²) in [5, 5.41) is 3.37. The fraction of sp³-hybridized carbons (Fsp3) is 1.00. The van der Waals surface area contributed by atoms with E-state index in [2.05, 4.69) is 19.2 Å². The smallest absolute Gasteiger partial charge is 0.0466 e. The quantitative estimate of drug-likeness (QED) is 0.540. The number of hydrogen-bond acceptors (Lipinski definition) is 2. The van der Waals surface area contributed by atoms with Gasteiger partial charge in [-0.1, -0.05) is 13.8 Å². The molecule has 0 saturated carbocycles. The minimum Gasteiger partial charge on any atom is -0.381 e. The van der Waals surface area contributed by atoms with E-state index in [-0.39, 0.29) is 0 Å². The second-order valence-electron chi connectivity index (χ2n) is 3.07. The van der Waals surface area contributed by atoms with Crippen LogP contribution in [-0.2, 0) is 4.74 Å². The van der Waals surface area contributed by atoms with Crippen LogP contribution in [0.2, 0.25) is 0 Å². The average Bonchev–Trinajstić information content (AvgIpc) is 2.10. The Labute approximate surface area is 76.7 Å². The molecule has 0 fully saturated rings. The first-order chi connectivity index (χ1) is 5.91. The van der Waals surface area contributed by atoms with E-state index in [0.717, 1.165) is 32.7 Å². The van der Waals surface area contributed by atoms with Crippen molar-refractivity contribution in [1.29, 1.82) is 0 Å². The van der Waals surface area contributed by atoms with Crippen molar-refractivity contribution in [2.24, 2.45) is 0 Å². The van der Waals surface area contributed by atoms with E-state index in [1.54, 1.807) is 0 Å². The summed E-state index contributed by atoms with van der Waals surface area (Å²) in [5.41, 5.74) is 0. The Balaban J connectivity index is 2.73. The molecule has 0 aromatic heterocycles. The van der Waals surface area contributed by atoms with Crippen LogP contribution in [0.25, 0.3) is 0 Å². The topological polar surface area (TPSA) is 21.3 Å². The third kappa shape index (κ3) is 9.92. The van der Waals surface area contributed by atoms with Crippen molar-refractivity contribution in [1.82, 2.24) is 5.32 Å². The van der Waals surface area contributed by atoms with E-state index in [4.69, 9.17) is 4.74 Å². The van der Waals surface area contributed by atoms with E-state index in [1.807, 2.05) is 0 Å². The lowest BCUT2D eigenvalue weighted by molar-refractivity contribution is 0.131. The van der Waals surface area contributed by atoms with Crippen LogP contribution in [-0.4, -0.2) is 26.3 Å². The summed E-state index contributed by atoms with van der Waals surface area (Å²) in [7, 11) is 0. The molecular formula is C10H23NO. The summed E-state index contributed by atoms with van der Waals surface area (Å²) in [6.07, 6.45) is 4.79. The van der Waals surface area contributed by atoms with Gasteiger partial charge in [0.15, 0.2) is 0 Å².